The van der Waals surface area contributed by atoms with Gasteiger partial charge in [0.15, 0.2) is 10.1 Å². The molecule has 2 heterocycles. The number of allylic oxidation sites excluding steroid dienone is 3. The number of anilines is 2. The molecule has 0 fully saturated rings. The molecule has 3 aromatic rings. The lowest BCUT2D eigenvalue weighted by Crippen LogP contribution is -2.38. The number of nitriles is 1. The number of nitrogens with zero attached hydrogens (tertiary/aromatic N) is 4. The van der Waals surface area contributed by atoms with E-state index in [1.165, 1.54) is 42.3 Å². The van der Waals surface area contributed by atoms with Gasteiger partial charge >= 0.3 is 5.97 Å². The quantitative estimate of drug-likeness (QED) is 0.297. The van der Waals surface area contributed by atoms with Crippen molar-refractivity contribution in [1.82, 2.24) is 10.2 Å². The zero-order chi connectivity index (χ0) is 29.1. The van der Waals surface area contributed by atoms with Gasteiger partial charge in [0.2, 0.25) is 11.0 Å². The van der Waals surface area contributed by atoms with E-state index in [-0.39, 0.29) is 28.8 Å². The normalized spacial score (nSPS) is 16.8. The largest absolute Gasteiger partial charge is 0.465 e. The molecule has 5 rings (SSSR count). The molecule has 2 aliphatic rings. The molecule has 1 aliphatic heterocycles. The number of nitrogens with one attached hydrogen (secondary N) is 1. The molecule has 0 bridgehead atoms. The summed E-state index contributed by atoms with van der Waals surface area (Å²) in [5.41, 5.74) is 9.30. The zero-order valence-corrected chi connectivity index (χ0v) is 23.4. The van der Waals surface area contributed by atoms with Crippen molar-refractivity contribution in [3.63, 3.8) is 0 Å². The number of amides is 1. The minimum atomic E-state index is -0.702. The van der Waals surface area contributed by atoms with Crippen LogP contribution in [0.4, 0.5) is 15.2 Å². The number of aromatic nitrogens is 2. The Morgan fingerprint density at radius 2 is 1.93 bits per heavy atom. The minimum absolute atomic E-state index is 0.0429. The molecule has 2 aromatic carbocycles. The van der Waals surface area contributed by atoms with Gasteiger partial charge in [0, 0.05) is 23.4 Å². The van der Waals surface area contributed by atoms with Gasteiger partial charge in [0.05, 0.1) is 36.0 Å². The summed E-state index contributed by atoms with van der Waals surface area (Å²) in [6.07, 6.45) is 1.48. The number of hydrogen-bond donors (Lipinski definition) is 2. The maximum absolute atomic E-state index is 13.6. The summed E-state index contributed by atoms with van der Waals surface area (Å²) >= 11 is 2.36. The Morgan fingerprint density at radius 3 is 2.61 bits per heavy atom. The number of esters is 1. The third-order valence-corrected chi connectivity index (χ3v) is 8.66. The number of hydrogen-bond acceptors (Lipinski definition) is 11. The number of carbonyl (C=O) groups is 3. The predicted octanol–water partition coefficient (Wildman–Crippen LogP) is 4.50. The zero-order valence-electron chi connectivity index (χ0n) is 21.7. The van der Waals surface area contributed by atoms with E-state index in [4.69, 9.17) is 5.73 Å². The van der Waals surface area contributed by atoms with E-state index in [0.29, 0.717) is 56.8 Å². The van der Waals surface area contributed by atoms with Crippen LogP contribution in [0.5, 0.6) is 0 Å². The molecular weight excluding hydrogens is 567 g/mol. The van der Waals surface area contributed by atoms with Crippen molar-refractivity contribution in [2.24, 2.45) is 5.73 Å². The Morgan fingerprint density at radius 1 is 1.20 bits per heavy atom. The van der Waals surface area contributed by atoms with Crippen molar-refractivity contribution < 1.29 is 23.5 Å². The van der Waals surface area contributed by atoms with Crippen LogP contribution in [0, 0.1) is 17.1 Å². The number of Topliss-reactive ketones (excluding diaryl/α,β-unsaturated/α-hetero) is 1. The number of thioether (sulfide) groups is 1. The lowest BCUT2D eigenvalue weighted by molar-refractivity contribution is -0.116. The Kier molecular flexibility index (Phi) is 8.14. The fourth-order valence-electron chi connectivity index (χ4n) is 4.78. The first-order chi connectivity index (χ1) is 19.8. The highest BCUT2D eigenvalue weighted by Gasteiger charge is 2.41. The lowest BCUT2D eigenvalue weighted by Gasteiger charge is -2.38. The molecule has 1 amide bonds. The SMILES string of the molecule is COC(=O)c1ccc(NC(=O)CSc2nnc(N3C(N)=C(C#N)C(c4ccc(F)cc4)C4=C3CCCC4=O)s2)cc1. The second-order valence-electron chi connectivity index (χ2n) is 9.12. The fraction of sp³-hybridized carbons (Fsp3) is 0.214. The standard InChI is InChI=1S/C28H23FN6O4S2/c1-39-26(38)16-7-11-18(12-8-16)32-22(37)14-40-28-34-33-27(41-28)35-20-3-2-4-21(36)24(20)23(19(13-30)25(35)31)15-5-9-17(29)10-6-15/h5-12,23H,2-4,14,31H2,1H3,(H,32,37). The van der Waals surface area contributed by atoms with Crippen molar-refractivity contribution in [3.05, 3.63) is 88.1 Å². The smallest absolute Gasteiger partial charge is 0.337 e. The summed E-state index contributed by atoms with van der Waals surface area (Å²) in [5, 5.41) is 21.7. The number of nitrogens with two attached hydrogens (primary N) is 1. The van der Waals surface area contributed by atoms with E-state index in [1.807, 2.05) is 0 Å². The van der Waals surface area contributed by atoms with Gasteiger partial charge in [-0.1, -0.05) is 35.2 Å². The van der Waals surface area contributed by atoms with E-state index < -0.39 is 17.7 Å². The highest BCUT2D eigenvalue weighted by atomic mass is 32.2. The molecule has 0 spiro atoms. The van der Waals surface area contributed by atoms with Gasteiger partial charge in [0.25, 0.3) is 0 Å². The van der Waals surface area contributed by atoms with E-state index in [1.54, 1.807) is 41.3 Å². The summed E-state index contributed by atoms with van der Waals surface area (Å²) in [4.78, 5) is 38.9. The minimum Gasteiger partial charge on any atom is -0.465 e. The van der Waals surface area contributed by atoms with Gasteiger partial charge in [-0.2, -0.15) is 5.26 Å². The number of methoxy groups -OCH3 is 1. The first-order valence-corrected chi connectivity index (χ1v) is 14.3. The molecule has 1 aromatic heterocycles. The monoisotopic (exact) mass is 590 g/mol. The van der Waals surface area contributed by atoms with Crippen molar-refractivity contribution in [3.8, 4) is 6.07 Å². The van der Waals surface area contributed by atoms with Gasteiger partial charge < -0.3 is 15.8 Å². The Labute approximate surface area is 242 Å². The molecule has 41 heavy (non-hydrogen) atoms. The number of carbonyl (C=O) groups excluding carboxylic acids is 3. The summed E-state index contributed by atoms with van der Waals surface area (Å²) < 4.78 is 18.8. The van der Waals surface area contributed by atoms with Crippen LogP contribution in [0.25, 0.3) is 0 Å². The Balaban J connectivity index is 1.35. The first kappa shape index (κ1) is 28.0. The number of halogens is 1. The van der Waals surface area contributed by atoms with Crippen molar-refractivity contribution in [2.75, 3.05) is 23.1 Å². The second-order valence-corrected chi connectivity index (χ2v) is 11.3. The Bertz CT molecular complexity index is 1630. The van der Waals surface area contributed by atoms with Crippen LogP contribution < -0.4 is 16.0 Å². The fourth-order valence-corrected chi connectivity index (χ4v) is 6.46. The number of ether oxygens (including phenoxy) is 1. The van der Waals surface area contributed by atoms with Crippen molar-refractivity contribution >= 4 is 51.6 Å². The molecule has 0 saturated carbocycles. The highest BCUT2D eigenvalue weighted by molar-refractivity contribution is 8.01. The maximum Gasteiger partial charge on any atom is 0.337 e. The molecule has 13 heteroatoms. The first-order valence-electron chi connectivity index (χ1n) is 12.5. The molecule has 1 atom stereocenters. The Hall–Kier alpha value is -4.54. The van der Waals surface area contributed by atoms with Crippen LogP contribution in [-0.4, -0.2) is 40.7 Å². The van der Waals surface area contributed by atoms with E-state index in [2.05, 4.69) is 26.3 Å². The van der Waals surface area contributed by atoms with Crippen LogP contribution >= 0.6 is 23.1 Å². The maximum atomic E-state index is 13.6. The van der Waals surface area contributed by atoms with Crippen LogP contribution in [0.15, 0.2) is 75.5 Å². The van der Waals surface area contributed by atoms with Crippen LogP contribution in [0.1, 0.15) is 41.1 Å². The van der Waals surface area contributed by atoms with Gasteiger partial charge in [-0.15, -0.1) is 10.2 Å². The second kappa shape index (κ2) is 11.9. The molecule has 0 radical (unpaired) electrons. The van der Waals surface area contributed by atoms with Crippen LogP contribution in [-0.2, 0) is 14.3 Å². The van der Waals surface area contributed by atoms with Crippen LogP contribution in [0.3, 0.4) is 0 Å². The molecule has 1 aliphatic carbocycles. The summed E-state index contributed by atoms with van der Waals surface area (Å²) in [6.45, 7) is 0. The van der Waals surface area contributed by atoms with Gasteiger partial charge in [0.1, 0.15) is 11.6 Å². The molecule has 1 unspecified atom stereocenters. The number of benzene rings is 2. The van der Waals surface area contributed by atoms with Crippen LogP contribution in [0.2, 0.25) is 0 Å². The molecular formula is C28H23FN6O4S2. The van der Waals surface area contributed by atoms with Crippen molar-refractivity contribution in [1.29, 1.82) is 5.26 Å². The average molecular weight is 591 g/mol. The average Bonchev–Trinajstić information content (AvgIpc) is 3.44. The molecule has 0 saturated heterocycles. The lowest BCUT2D eigenvalue weighted by atomic mass is 9.76. The summed E-state index contributed by atoms with van der Waals surface area (Å²) in [7, 11) is 1.29. The highest BCUT2D eigenvalue weighted by Crippen LogP contribution is 2.47. The molecule has 208 valence electrons. The predicted molar refractivity (Wildman–Crippen MR) is 151 cm³/mol. The van der Waals surface area contributed by atoms with E-state index in [0.717, 1.165) is 0 Å². The summed E-state index contributed by atoms with van der Waals surface area (Å²) in [6, 6.07) is 14.2. The third-order valence-electron chi connectivity index (χ3n) is 6.62. The van der Waals surface area contributed by atoms with E-state index >= 15 is 0 Å². The van der Waals surface area contributed by atoms with Crippen molar-refractivity contribution in [2.45, 2.75) is 29.5 Å². The topological polar surface area (TPSA) is 151 Å². The summed E-state index contributed by atoms with van der Waals surface area (Å²) in [5.74, 6) is -1.80. The number of ketones is 1. The molecule has 3 N–H and O–H groups in total. The van der Waals surface area contributed by atoms with E-state index in [9.17, 15) is 24.0 Å². The third kappa shape index (κ3) is 5.70. The number of rotatable bonds is 7. The van der Waals surface area contributed by atoms with Gasteiger partial charge in [-0.3, -0.25) is 14.5 Å². The van der Waals surface area contributed by atoms with Gasteiger partial charge in [-0.05, 0) is 54.8 Å². The van der Waals surface area contributed by atoms with Gasteiger partial charge in [-0.25, -0.2) is 9.18 Å². The molecule has 10 nitrogen and oxygen atoms in total.